The van der Waals surface area contributed by atoms with Crippen molar-refractivity contribution in [3.63, 3.8) is 0 Å². The molecule has 1 aromatic carbocycles. The van der Waals surface area contributed by atoms with Crippen molar-refractivity contribution in [2.45, 2.75) is 26.7 Å². The van der Waals surface area contributed by atoms with Crippen LogP contribution in [0.25, 0.3) is 6.08 Å². The van der Waals surface area contributed by atoms with Gasteiger partial charge in [-0.3, -0.25) is 14.8 Å². The molecule has 0 fully saturated rings. The Kier molecular flexibility index (Phi) is 6.95. The molecule has 5 heteroatoms. The maximum absolute atomic E-state index is 12.3. The normalized spacial score (nSPS) is 10.8. The van der Waals surface area contributed by atoms with E-state index < -0.39 is 0 Å². The van der Waals surface area contributed by atoms with Gasteiger partial charge in [-0.15, -0.1) is 0 Å². The van der Waals surface area contributed by atoms with Crippen molar-refractivity contribution in [3.8, 4) is 11.5 Å². The van der Waals surface area contributed by atoms with Crippen LogP contribution in [0.2, 0.25) is 0 Å². The Bertz CT molecular complexity index is 684. The molecule has 0 bridgehead atoms. The number of allylic oxidation sites excluding steroid dienone is 1. The van der Waals surface area contributed by atoms with Crippen LogP contribution in [0.5, 0.6) is 11.5 Å². The van der Waals surface area contributed by atoms with Crippen LogP contribution in [-0.4, -0.2) is 29.0 Å². The lowest BCUT2D eigenvalue weighted by Gasteiger charge is -2.12. The van der Waals surface area contributed by atoms with E-state index in [1.54, 1.807) is 42.9 Å². The van der Waals surface area contributed by atoms with Gasteiger partial charge in [-0.1, -0.05) is 13.8 Å². The summed E-state index contributed by atoms with van der Waals surface area (Å²) in [4.78, 5) is 20.4. The average Bonchev–Trinajstić information content (AvgIpc) is 2.63. The highest BCUT2D eigenvalue weighted by molar-refractivity contribution is 6.07. The molecule has 0 radical (unpaired) electrons. The minimum atomic E-state index is -0.121. The molecule has 2 rings (SSSR count). The molecule has 0 saturated carbocycles. The van der Waals surface area contributed by atoms with Gasteiger partial charge in [0.2, 0.25) is 0 Å². The largest absolute Gasteiger partial charge is 0.490 e. The standard InChI is InChI=1S/C19H22N2O3/c1-3-11-23-18-8-5-15(13-19(18)24-12-4-2)17(22)7-6-16-14-20-9-10-21-16/h5-10,13-14H,3-4,11-12H2,1-2H3/b7-6+. The summed E-state index contributed by atoms with van der Waals surface area (Å²) in [6, 6.07) is 5.25. The van der Waals surface area contributed by atoms with E-state index in [2.05, 4.69) is 9.97 Å². The third-order valence-corrected chi connectivity index (χ3v) is 3.14. The highest BCUT2D eigenvalue weighted by Gasteiger charge is 2.10. The lowest BCUT2D eigenvalue weighted by Crippen LogP contribution is -2.03. The van der Waals surface area contributed by atoms with Crippen molar-refractivity contribution >= 4 is 11.9 Å². The molecule has 1 aromatic heterocycles. The minimum Gasteiger partial charge on any atom is -0.490 e. The minimum absolute atomic E-state index is 0.121. The molecule has 0 atom stereocenters. The monoisotopic (exact) mass is 326 g/mol. The van der Waals surface area contributed by atoms with Gasteiger partial charge in [-0.25, -0.2) is 0 Å². The van der Waals surface area contributed by atoms with E-state index in [1.807, 2.05) is 13.8 Å². The number of rotatable bonds is 9. The molecule has 24 heavy (non-hydrogen) atoms. The van der Waals surface area contributed by atoms with Gasteiger partial charge in [0.05, 0.1) is 25.1 Å². The summed E-state index contributed by atoms with van der Waals surface area (Å²) in [7, 11) is 0. The Labute approximate surface area is 142 Å². The molecule has 0 saturated heterocycles. The first-order valence-electron chi connectivity index (χ1n) is 8.12. The van der Waals surface area contributed by atoms with Crippen molar-refractivity contribution in [1.29, 1.82) is 0 Å². The number of carbonyl (C=O) groups is 1. The van der Waals surface area contributed by atoms with Crippen LogP contribution in [-0.2, 0) is 0 Å². The fourth-order valence-corrected chi connectivity index (χ4v) is 1.97. The highest BCUT2D eigenvalue weighted by atomic mass is 16.5. The molecule has 1 heterocycles. The Morgan fingerprint density at radius 3 is 2.50 bits per heavy atom. The molecule has 0 aliphatic heterocycles. The lowest BCUT2D eigenvalue weighted by atomic mass is 10.1. The molecular formula is C19H22N2O3. The van der Waals surface area contributed by atoms with Crippen LogP contribution in [0.4, 0.5) is 0 Å². The van der Waals surface area contributed by atoms with Gasteiger partial charge in [-0.2, -0.15) is 0 Å². The smallest absolute Gasteiger partial charge is 0.186 e. The summed E-state index contributed by atoms with van der Waals surface area (Å²) < 4.78 is 11.4. The summed E-state index contributed by atoms with van der Waals surface area (Å²) in [5, 5.41) is 0. The van der Waals surface area contributed by atoms with E-state index in [1.165, 1.54) is 6.08 Å². The predicted molar refractivity (Wildman–Crippen MR) is 93.4 cm³/mol. The van der Waals surface area contributed by atoms with Crippen LogP contribution in [0.1, 0.15) is 42.7 Å². The Hall–Kier alpha value is -2.69. The van der Waals surface area contributed by atoms with Gasteiger partial charge in [-0.05, 0) is 43.2 Å². The number of aromatic nitrogens is 2. The zero-order valence-corrected chi connectivity index (χ0v) is 14.1. The van der Waals surface area contributed by atoms with Crippen LogP contribution in [0.15, 0.2) is 42.9 Å². The Morgan fingerprint density at radius 2 is 1.83 bits per heavy atom. The predicted octanol–water partition coefficient (Wildman–Crippen LogP) is 3.95. The molecule has 0 spiro atoms. The fraction of sp³-hybridized carbons (Fsp3) is 0.316. The molecule has 0 aliphatic carbocycles. The zero-order valence-electron chi connectivity index (χ0n) is 14.1. The first-order valence-corrected chi connectivity index (χ1v) is 8.12. The van der Waals surface area contributed by atoms with Crippen LogP contribution < -0.4 is 9.47 Å². The number of ketones is 1. The molecule has 5 nitrogen and oxygen atoms in total. The Morgan fingerprint density at radius 1 is 1.08 bits per heavy atom. The molecular weight excluding hydrogens is 304 g/mol. The number of hydrogen-bond acceptors (Lipinski definition) is 5. The maximum Gasteiger partial charge on any atom is 0.186 e. The summed E-state index contributed by atoms with van der Waals surface area (Å²) >= 11 is 0. The third kappa shape index (κ3) is 5.19. The summed E-state index contributed by atoms with van der Waals surface area (Å²) in [5.41, 5.74) is 1.18. The molecule has 0 amide bonds. The van der Waals surface area contributed by atoms with E-state index in [9.17, 15) is 4.79 Å². The van der Waals surface area contributed by atoms with Crippen molar-refractivity contribution in [2.75, 3.05) is 13.2 Å². The topological polar surface area (TPSA) is 61.3 Å². The zero-order chi connectivity index (χ0) is 17.2. The van der Waals surface area contributed by atoms with E-state index in [-0.39, 0.29) is 5.78 Å². The molecule has 126 valence electrons. The van der Waals surface area contributed by atoms with Gasteiger partial charge in [0, 0.05) is 18.0 Å². The number of carbonyl (C=O) groups excluding carboxylic acids is 1. The van der Waals surface area contributed by atoms with Crippen molar-refractivity contribution in [2.24, 2.45) is 0 Å². The van der Waals surface area contributed by atoms with Crippen molar-refractivity contribution < 1.29 is 14.3 Å². The van der Waals surface area contributed by atoms with Gasteiger partial charge < -0.3 is 9.47 Å². The quantitative estimate of drug-likeness (QED) is 0.516. The van der Waals surface area contributed by atoms with Gasteiger partial charge in [0.25, 0.3) is 0 Å². The summed E-state index contributed by atoms with van der Waals surface area (Å²) in [6.45, 7) is 5.27. The van der Waals surface area contributed by atoms with Crippen molar-refractivity contribution in [1.82, 2.24) is 9.97 Å². The number of ether oxygens (including phenoxy) is 2. The van der Waals surface area contributed by atoms with E-state index in [0.29, 0.717) is 36.0 Å². The number of hydrogen-bond donors (Lipinski definition) is 0. The van der Waals surface area contributed by atoms with Crippen molar-refractivity contribution in [3.05, 3.63) is 54.1 Å². The highest BCUT2D eigenvalue weighted by Crippen LogP contribution is 2.29. The SMILES string of the molecule is CCCOc1ccc(C(=O)/C=C/c2cnccn2)cc1OCCC. The number of benzene rings is 1. The Balaban J connectivity index is 2.16. The molecule has 0 N–H and O–H groups in total. The first-order chi connectivity index (χ1) is 11.7. The molecule has 2 aromatic rings. The van der Waals surface area contributed by atoms with Crippen LogP contribution >= 0.6 is 0 Å². The molecule has 0 unspecified atom stereocenters. The summed E-state index contributed by atoms with van der Waals surface area (Å²) in [6.07, 6.45) is 9.69. The van der Waals surface area contributed by atoms with E-state index in [4.69, 9.17) is 9.47 Å². The van der Waals surface area contributed by atoms with Crippen LogP contribution in [0, 0.1) is 0 Å². The molecule has 0 aliphatic rings. The van der Waals surface area contributed by atoms with E-state index in [0.717, 1.165) is 12.8 Å². The first kappa shape index (κ1) is 17.7. The van der Waals surface area contributed by atoms with Gasteiger partial charge in [0.15, 0.2) is 17.3 Å². The second kappa shape index (κ2) is 9.45. The van der Waals surface area contributed by atoms with E-state index >= 15 is 0 Å². The third-order valence-electron chi connectivity index (χ3n) is 3.14. The second-order valence-electron chi connectivity index (χ2n) is 5.19. The summed E-state index contributed by atoms with van der Waals surface area (Å²) in [5.74, 6) is 1.15. The van der Waals surface area contributed by atoms with Crippen LogP contribution in [0.3, 0.4) is 0 Å². The lowest BCUT2D eigenvalue weighted by molar-refractivity contribution is 0.104. The van der Waals surface area contributed by atoms with Gasteiger partial charge in [0.1, 0.15) is 0 Å². The fourth-order valence-electron chi connectivity index (χ4n) is 1.97. The maximum atomic E-state index is 12.3. The van der Waals surface area contributed by atoms with Gasteiger partial charge >= 0.3 is 0 Å². The average molecular weight is 326 g/mol. The second-order valence-corrected chi connectivity index (χ2v) is 5.19. The number of nitrogens with zero attached hydrogens (tertiary/aromatic N) is 2.